The van der Waals surface area contributed by atoms with Gasteiger partial charge in [-0.1, -0.05) is 13.5 Å². The smallest absolute Gasteiger partial charge is 0.333 e. The third-order valence-electron chi connectivity index (χ3n) is 2.19. The zero-order chi connectivity index (χ0) is 12.4. The summed E-state index contributed by atoms with van der Waals surface area (Å²) < 4.78 is 10.3. The van der Waals surface area contributed by atoms with E-state index in [4.69, 9.17) is 9.47 Å². The molecule has 0 aromatic carbocycles. The molecule has 0 amide bonds. The molecule has 0 radical (unpaired) electrons. The predicted octanol–water partition coefficient (Wildman–Crippen LogP) is 1.46. The summed E-state index contributed by atoms with van der Waals surface area (Å²) in [5.74, 6) is -0.319. The molecule has 0 aromatic heterocycles. The number of nitrogens with zero attached hydrogens (tertiary/aromatic N) is 1. The highest BCUT2D eigenvalue weighted by Crippen LogP contribution is 1.94. The number of hydrogen-bond acceptors (Lipinski definition) is 4. The van der Waals surface area contributed by atoms with Crippen LogP contribution in [0.4, 0.5) is 0 Å². The van der Waals surface area contributed by atoms with E-state index in [1.165, 1.54) is 0 Å². The van der Waals surface area contributed by atoms with Gasteiger partial charge >= 0.3 is 5.97 Å². The zero-order valence-electron chi connectivity index (χ0n) is 10.6. The van der Waals surface area contributed by atoms with Crippen molar-refractivity contribution in [3.05, 3.63) is 12.2 Å². The average Bonchev–Trinajstić information content (AvgIpc) is 2.26. The van der Waals surface area contributed by atoms with Crippen LogP contribution in [0, 0.1) is 0 Å². The van der Waals surface area contributed by atoms with Gasteiger partial charge in [-0.25, -0.2) is 4.79 Å². The summed E-state index contributed by atoms with van der Waals surface area (Å²) in [6, 6.07) is 0. The second-order valence-electron chi connectivity index (χ2n) is 3.55. The number of likely N-dealkylation sites (N-methyl/N-ethyl adjacent to an activating group) is 1. The Morgan fingerprint density at radius 1 is 1.25 bits per heavy atom. The van der Waals surface area contributed by atoms with Crippen LogP contribution in [0.25, 0.3) is 0 Å². The molecule has 0 heterocycles. The fourth-order valence-corrected chi connectivity index (χ4v) is 1.16. The van der Waals surface area contributed by atoms with Gasteiger partial charge in [0.05, 0.1) is 6.61 Å². The fraction of sp³-hybridized carbons (Fsp3) is 0.750. The normalized spacial score (nSPS) is 10.5. The van der Waals surface area contributed by atoms with Crippen molar-refractivity contribution < 1.29 is 14.3 Å². The first-order valence-electron chi connectivity index (χ1n) is 5.74. The van der Waals surface area contributed by atoms with Crippen molar-refractivity contribution in [1.82, 2.24) is 4.90 Å². The van der Waals surface area contributed by atoms with Gasteiger partial charge in [-0.15, -0.1) is 0 Å². The molecule has 94 valence electrons. The molecule has 0 spiro atoms. The summed E-state index contributed by atoms with van der Waals surface area (Å²) in [4.78, 5) is 13.3. The number of esters is 1. The van der Waals surface area contributed by atoms with E-state index in [-0.39, 0.29) is 5.97 Å². The molecule has 0 unspecified atom stereocenters. The first-order valence-corrected chi connectivity index (χ1v) is 5.74. The molecule has 0 saturated heterocycles. The monoisotopic (exact) mass is 229 g/mol. The molecule has 0 aliphatic heterocycles. The molecule has 0 aliphatic rings. The highest BCUT2D eigenvalue weighted by atomic mass is 16.5. The van der Waals surface area contributed by atoms with E-state index >= 15 is 0 Å². The number of carbonyl (C=O) groups is 1. The predicted molar refractivity (Wildman–Crippen MR) is 64.4 cm³/mol. The average molecular weight is 229 g/mol. The van der Waals surface area contributed by atoms with Crippen LogP contribution in [-0.2, 0) is 14.3 Å². The summed E-state index contributed by atoms with van der Waals surface area (Å²) in [7, 11) is 0. The van der Waals surface area contributed by atoms with E-state index in [2.05, 4.69) is 18.4 Å². The lowest BCUT2D eigenvalue weighted by Gasteiger charge is -2.19. The lowest BCUT2D eigenvalue weighted by Crippen LogP contribution is -2.31. The van der Waals surface area contributed by atoms with Crippen molar-refractivity contribution in [2.75, 3.05) is 39.5 Å². The van der Waals surface area contributed by atoms with E-state index in [9.17, 15) is 4.79 Å². The van der Waals surface area contributed by atoms with Crippen molar-refractivity contribution in [3.63, 3.8) is 0 Å². The molecule has 0 atom stereocenters. The van der Waals surface area contributed by atoms with Crippen LogP contribution in [0.1, 0.15) is 20.8 Å². The van der Waals surface area contributed by atoms with Crippen LogP contribution >= 0.6 is 0 Å². The Bertz CT molecular complexity index is 216. The minimum atomic E-state index is -0.319. The van der Waals surface area contributed by atoms with E-state index in [0.29, 0.717) is 12.2 Å². The van der Waals surface area contributed by atoms with Crippen LogP contribution in [0.3, 0.4) is 0 Å². The minimum absolute atomic E-state index is 0.319. The summed E-state index contributed by atoms with van der Waals surface area (Å²) >= 11 is 0. The number of hydrogen-bond donors (Lipinski definition) is 0. The maximum Gasteiger partial charge on any atom is 0.333 e. The van der Waals surface area contributed by atoms with Gasteiger partial charge in [0, 0.05) is 25.3 Å². The maximum atomic E-state index is 11.1. The lowest BCUT2D eigenvalue weighted by atomic mass is 10.4. The summed E-state index contributed by atoms with van der Waals surface area (Å²) in [6.07, 6.45) is 0. The lowest BCUT2D eigenvalue weighted by molar-refractivity contribution is -0.139. The highest BCUT2D eigenvalue weighted by molar-refractivity contribution is 5.86. The number of ether oxygens (including phenoxy) is 2. The standard InChI is InChI=1S/C12H23NO3/c1-5-13(7-9-15-6-2)8-10-16-12(14)11(3)4/h3,5-10H2,1-2,4H3. The van der Waals surface area contributed by atoms with Crippen molar-refractivity contribution in [3.8, 4) is 0 Å². The first kappa shape index (κ1) is 15.1. The van der Waals surface area contributed by atoms with Gasteiger partial charge in [-0.3, -0.25) is 4.90 Å². The van der Waals surface area contributed by atoms with Crippen molar-refractivity contribution in [2.24, 2.45) is 0 Å². The molecule has 4 heteroatoms. The van der Waals surface area contributed by atoms with E-state index in [1.54, 1.807) is 6.92 Å². The SMILES string of the molecule is C=C(C)C(=O)OCCN(CC)CCOCC. The van der Waals surface area contributed by atoms with Crippen LogP contribution in [-0.4, -0.2) is 50.3 Å². The second-order valence-corrected chi connectivity index (χ2v) is 3.55. The van der Waals surface area contributed by atoms with Crippen molar-refractivity contribution >= 4 is 5.97 Å². The van der Waals surface area contributed by atoms with Gasteiger partial charge in [0.25, 0.3) is 0 Å². The number of rotatable bonds is 9. The molecule has 16 heavy (non-hydrogen) atoms. The maximum absolute atomic E-state index is 11.1. The summed E-state index contributed by atoms with van der Waals surface area (Å²) in [5.41, 5.74) is 0.442. The Labute approximate surface area is 98.2 Å². The Balaban J connectivity index is 3.62. The topological polar surface area (TPSA) is 38.8 Å². The first-order chi connectivity index (χ1) is 7.61. The van der Waals surface area contributed by atoms with Crippen LogP contribution in [0.15, 0.2) is 12.2 Å². The van der Waals surface area contributed by atoms with Crippen molar-refractivity contribution in [2.45, 2.75) is 20.8 Å². The fourth-order valence-electron chi connectivity index (χ4n) is 1.16. The zero-order valence-corrected chi connectivity index (χ0v) is 10.6. The van der Waals surface area contributed by atoms with E-state index in [0.717, 1.165) is 32.8 Å². The molecule has 0 aliphatic carbocycles. The molecule has 0 N–H and O–H groups in total. The Hall–Kier alpha value is -0.870. The molecule has 4 nitrogen and oxygen atoms in total. The minimum Gasteiger partial charge on any atom is -0.461 e. The Morgan fingerprint density at radius 3 is 2.38 bits per heavy atom. The van der Waals surface area contributed by atoms with Crippen LogP contribution in [0.5, 0.6) is 0 Å². The molecule has 0 saturated carbocycles. The van der Waals surface area contributed by atoms with Gasteiger partial charge in [-0.05, 0) is 20.4 Å². The molecule has 0 rings (SSSR count). The van der Waals surface area contributed by atoms with E-state index < -0.39 is 0 Å². The molecular formula is C12H23NO3. The van der Waals surface area contributed by atoms with Crippen LogP contribution < -0.4 is 0 Å². The number of carbonyl (C=O) groups excluding carboxylic acids is 1. The third-order valence-corrected chi connectivity index (χ3v) is 2.19. The Kier molecular flexibility index (Phi) is 8.85. The Morgan fingerprint density at radius 2 is 1.88 bits per heavy atom. The summed E-state index contributed by atoms with van der Waals surface area (Å²) in [6.45, 7) is 13.6. The largest absolute Gasteiger partial charge is 0.461 e. The highest BCUT2D eigenvalue weighted by Gasteiger charge is 2.05. The van der Waals surface area contributed by atoms with Crippen LogP contribution in [0.2, 0.25) is 0 Å². The van der Waals surface area contributed by atoms with Crippen molar-refractivity contribution in [1.29, 1.82) is 0 Å². The van der Waals surface area contributed by atoms with Gasteiger partial charge in [-0.2, -0.15) is 0 Å². The quantitative estimate of drug-likeness (QED) is 0.341. The van der Waals surface area contributed by atoms with E-state index in [1.807, 2.05) is 6.92 Å². The molecule has 0 aromatic rings. The van der Waals surface area contributed by atoms with Gasteiger partial charge in [0.15, 0.2) is 0 Å². The van der Waals surface area contributed by atoms with Gasteiger partial charge in [0.1, 0.15) is 6.61 Å². The molecule has 0 bridgehead atoms. The molecule has 0 fully saturated rings. The second kappa shape index (κ2) is 9.36. The molecular weight excluding hydrogens is 206 g/mol. The third kappa shape index (κ3) is 7.43. The summed E-state index contributed by atoms with van der Waals surface area (Å²) in [5, 5.41) is 0. The van der Waals surface area contributed by atoms with Gasteiger partial charge < -0.3 is 9.47 Å². The van der Waals surface area contributed by atoms with Gasteiger partial charge in [0.2, 0.25) is 0 Å².